The first-order chi connectivity index (χ1) is 54.2. The van der Waals surface area contributed by atoms with Crippen molar-refractivity contribution in [3.8, 4) is 0 Å². The summed E-state index contributed by atoms with van der Waals surface area (Å²) < 4.78 is 109. The molecule has 0 saturated heterocycles. The van der Waals surface area contributed by atoms with Crippen molar-refractivity contribution in [2.24, 2.45) is 0 Å². The highest BCUT2D eigenvalue weighted by molar-refractivity contribution is 7.86. The predicted molar refractivity (Wildman–Crippen MR) is 427 cm³/mol. The van der Waals surface area contributed by atoms with Crippen LogP contribution in [0, 0.1) is 0 Å². The molecule has 6 atom stereocenters. The number of benzene rings is 5. The molecule has 3 unspecified atom stereocenters. The Balaban J connectivity index is 1.05. The van der Waals surface area contributed by atoms with Crippen LogP contribution in [-0.2, 0) is 104 Å². The first kappa shape index (κ1) is 91.0. The number of amides is 8. The molecule has 1 aromatic heterocycles. The molecule has 0 radical (unpaired) electrons. The molecule has 620 valence electrons. The molecule has 14 N–H and O–H groups in total. The summed E-state index contributed by atoms with van der Waals surface area (Å²) in [6, 6.07) is 28.7. The smallest absolute Gasteiger partial charge is 0.363 e. The van der Waals surface area contributed by atoms with Crippen LogP contribution in [0.2, 0.25) is 0 Å². The fourth-order valence-electron chi connectivity index (χ4n) is 13.2. The van der Waals surface area contributed by atoms with Crippen LogP contribution >= 0.6 is 0 Å². The van der Waals surface area contributed by atoms with Gasteiger partial charge in [0.25, 0.3) is 30.4 Å². The lowest BCUT2D eigenvalue weighted by atomic mass is 9.77. The summed E-state index contributed by atoms with van der Waals surface area (Å²) in [5, 5.41) is 48.9. The predicted octanol–water partition coefficient (Wildman–Crippen LogP) is 5.87. The van der Waals surface area contributed by atoms with E-state index in [2.05, 4.69) is 37.2 Å². The second-order valence-corrected chi connectivity index (χ2v) is 33.4. The number of nitrogens with zero attached hydrogens (tertiary/aromatic N) is 2. The van der Waals surface area contributed by atoms with Gasteiger partial charge in [0.2, 0.25) is 35.4 Å². The quantitative estimate of drug-likeness (QED) is 0.0121. The van der Waals surface area contributed by atoms with Crippen LogP contribution in [0.25, 0.3) is 17.0 Å². The Labute approximate surface area is 666 Å². The summed E-state index contributed by atoms with van der Waals surface area (Å²) in [7, 11) is -13.5. The number of allylic oxidation sites excluding steroid dienone is 3. The highest BCUT2D eigenvalue weighted by atomic mass is 32.2. The van der Waals surface area contributed by atoms with Gasteiger partial charge in [-0.3, -0.25) is 47.2 Å². The Morgan fingerprint density at radius 3 is 1.62 bits per heavy atom. The van der Waals surface area contributed by atoms with Crippen LogP contribution in [0.1, 0.15) is 126 Å². The topological polar surface area (TPSA) is 509 Å². The Bertz CT molecular complexity index is 4900. The van der Waals surface area contributed by atoms with E-state index in [-0.39, 0.29) is 71.0 Å². The van der Waals surface area contributed by atoms with Crippen LogP contribution in [0.4, 0.5) is 16.2 Å². The minimum atomic E-state index is -4.82. The summed E-state index contributed by atoms with van der Waals surface area (Å²) in [6.07, 6.45) is 2.72. The Kier molecular flexibility index (Phi) is 33.0. The number of rotatable bonds is 44. The SMILES string of the molecule is CCN(CCCS(=O)(=O)O)c1ccc2c(C(C)(C)C)cc(/C=C/C=C3\N(CCCS(=O)(=O)O)c4ccc(S(=O)(=O)O)cc4C3(C)CCCC(=O)N[C@@H](Cc3ccccc3)C(=O)N[C@@H](Cc3ccccc3)C(=O)NCC(=O)NCCNC(=O)[C@H](Cc3ccccc3)NC(=O)CCC(NC(=O)NC(CCC(=O)O)C(=O)O)C(=O)O)[o+]c2c1. The monoisotopic (exact) mass is 1650 g/mol. The minimum Gasteiger partial charge on any atom is -0.481 e. The number of hydrogen-bond acceptors (Lipinski definition) is 18. The summed E-state index contributed by atoms with van der Waals surface area (Å²) in [5.41, 5.74) is 3.66. The van der Waals surface area contributed by atoms with Crippen LogP contribution < -0.4 is 52.3 Å². The van der Waals surface area contributed by atoms with Crippen LogP contribution in [-0.4, -0.2) is 195 Å². The summed E-state index contributed by atoms with van der Waals surface area (Å²) in [5.74, 6) is -9.58. The molecule has 5 aromatic carbocycles. The Morgan fingerprint density at radius 2 is 1.09 bits per heavy atom. The standard InChI is InChI=1S/C79H98N10O23S3/c1-6-88(40-18-42-113(103,104)105)54-29-31-57-58(78(2,3)4)48-55(112-66(57)47-54)26-16-27-67-79(5,59-49-56(115(109,110)111)30-34-65(59)89(67)41-19-43-114(106,107)108)37-17-28-68(90)84-64(46-53-24-14-9-15-25-53)74(97)85-63(45-52-22-12-8-13-23-52)73(96)82-50-70(92)80-38-39-81-72(95)62(44-51-20-10-7-11-21-51)83-69(91)35-32-60(75(98)99)86-77(102)87-61(76(100)101)33-36-71(93)94/h7-16,20-27,29-31,34,47-49,60-64H,6,17-19,28,32-33,35-46,50H2,1-5H3,(H13-,80,81,82,83,84,85,86,87,90,91,92,93,94,95,96,97,98,99,100,101,102,103,104,105,106,107,108,109,110,111)/p+1/b26-16+,67-27-/t60?,61?,62-,63-,64-,79?/m0/s1. The van der Waals surface area contributed by atoms with Crippen molar-refractivity contribution in [1.82, 2.24) is 42.5 Å². The van der Waals surface area contributed by atoms with Gasteiger partial charge in [0.05, 0.1) is 34.4 Å². The lowest BCUT2D eigenvalue weighted by Gasteiger charge is -2.30. The first-order valence-corrected chi connectivity index (χ1v) is 41.8. The van der Waals surface area contributed by atoms with Crippen LogP contribution in [0.5, 0.6) is 0 Å². The van der Waals surface area contributed by atoms with Gasteiger partial charge < -0.3 is 67.7 Å². The second kappa shape index (κ2) is 41.7. The maximum absolute atomic E-state index is 14.7. The van der Waals surface area contributed by atoms with E-state index in [0.717, 1.165) is 16.6 Å². The zero-order valence-electron chi connectivity index (χ0n) is 64.2. The lowest BCUT2D eigenvalue weighted by molar-refractivity contribution is -0.141. The van der Waals surface area contributed by atoms with E-state index >= 15 is 0 Å². The van der Waals surface area contributed by atoms with Gasteiger partial charge in [-0.2, -0.15) is 25.3 Å². The Morgan fingerprint density at radius 1 is 0.565 bits per heavy atom. The average Bonchev–Trinajstić information content (AvgIpc) is 1.58. The molecule has 2 heterocycles. The van der Waals surface area contributed by atoms with E-state index in [9.17, 15) is 97.1 Å². The number of carbonyl (C=O) groups is 10. The highest BCUT2D eigenvalue weighted by Gasteiger charge is 2.44. The summed E-state index contributed by atoms with van der Waals surface area (Å²) >= 11 is 0. The van der Waals surface area contributed by atoms with Gasteiger partial charge >= 0.3 is 35.3 Å². The van der Waals surface area contributed by atoms with E-state index < -0.39 is 179 Å². The molecule has 6 aromatic rings. The van der Waals surface area contributed by atoms with Gasteiger partial charge in [-0.15, -0.1) is 0 Å². The molecule has 0 bridgehead atoms. The number of fused-ring (bicyclic) bond motifs is 2. The molecule has 115 heavy (non-hydrogen) atoms. The van der Waals surface area contributed by atoms with E-state index in [1.807, 2.05) is 62.2 Å². The number of anilines is 2. The molecule has 0 spiro atoms. The number of nitrogens with one attached hydrogen (secondary N) is 8. The zero-order chi connectivity index (χ0) is 84.4. The molecule has 33 nitrogen and oxygen atoms in total. The lowest BCUT2D eigenvalue weighted by Crippen LogP contribution is -2.56. The second-order valence-electron chi connectivity index (χ2n) is 28.9. The third-order valence-electron chi connectivity index (χ3n) is 19.0. The van der Waals surface area contributed by atoms with Crippen LogP contribution in [0.3, 0.4) is 0 Å². The van der Waals surface area contributed by atoms with Crippen LogP contribution in [0.15, 0.2) is 161 Å². The number of carboxylic acid groups (broad SMARTS) is 3. The van der Waals surface area contributed by atoms with Crippen molar-refractivity contribution in [2.45, 2.75) is 158 Å². The number of urea groups is 1. The van der Waals surface area contributed by atoms with Gasteiger partial charge in [-0.05, 0) is 122 Å². The molecule has 36 heteroatoms. The summed E-state index contributed by atoms with van der Waals surface area (Å²) in [6.45, 7) is 9.59. The third-order valence-corrected chi connectivity index (χ3v) is 21.5. The molecule has 0 aliphatic carbocycles. The van der Waals surface area contributed by atoms with Crippen molar-refractivity contribution < 1.29 is 107 Å². The fraction of sp³-hybridized carbons (Fsp3) is 0.405. The minimum absolute atomic E-state index is 0.0246. The van der Waals surface area contributed by atoms with Crippen molar-refractivity contribution in [3.63, 3.8) is 0 Å². The normalized spacial score (nSPS) is 15.3. The number of carboxylic acids is 3. The maximum atomic E-state index is 14.7. The van der Waals surface area contributed by atoms with Crippen molar-refractivity contribution >= 4 is 118 Å². The van der Waals surface area contributed by atoms with Gasteiger partial charge in [0.1, 0.15) is 30.2 Å². The molecule has 8 amide bonds. The van der Waals surface area contributed by atoms with Gasteiger partial charge in [0, 0.05) is 106 Å². The van der Waals surface area contributed by atoms with Gasteiger partial charge in [-0.25, -0.2) is 18.8 Å². The van der Waals surface area contributed by atoms with Gasteiger partial charge in [-0.1, -0.05) is 118 Å². The van der Waals surface area contributed by atoms with E-state index in [1.54, 1.807) is 121 Å². The molecular weight excluding hydrogens is 1550 g/mol. The fourth-order valence-corrected chi connectivity index (χ4v) is 14.7. The van der Waals surface area contributed by atoms with Crippen molar-refractivity contribution in [2.75, 3.05) is 60.6 Å². The first-order valence-electron chi connectivity index (χ1n) is 37.1. The molecular formula is C79H99N10O23S3+. The largest absolute Gasteiger partial charge is 0.481 e. The van der Waals surface area contributed by atoms with Crippen molar-refractivity contribution in [3.05, 3.63) is 185 Å². The number of hydrogen-bond donors (Lipinski definition) is 14. The average molecular weight is 1650 g/mol. The van der Waals surface area contributed by atoms with Gasteiger partial charge in [0.15, 0.2) is 0 Å². The number of carbonyl (C=O) groups excluding carboxylic acids is 7. The summed E-state index contributed by atoms with van der Waals surface area (Å²) in [4.78, 5) is 134. The molecule has 1 aliphatic heterocycles. The zero-order valence-corrected chi connectivity index (χ0v) is 66.7. The van der Waals surface area contributed by atoms with E-state index in [0.29, 0.717) is 58.1 Å². The third kappa shape index (κ3) is 29.0. The molecule has 1 aliphatic rings. The molecule has 0 fully saturated rings. The van der Waals surface area contributed by atoms with Crippen molar-refractivity contribution in [1.29, 1.82) is 0 Å². The molecule has 0 saturated carbocycles. The molecule has 7 rings (SSSR count). The van der Waals surface area contributed by atoms with E-state index in [4.69, 9.17) is 9.52 Å². The Hall–Kier alpha value is -11.2. The highest BCUT2D eigenvalue weighted by Crippen LogP contribution is 2.51. The van der Waals surface area contributed by atoms with E-state index in [1.165, 1.54) is 18.2 Å². The number of aliphatic carboxylic acids is 3. The maximum Gasteiger partial charge on any atom is 0.363 e.